The van der Waals surface area contributed by atoms with Gasteiger partial charge in [0.05, 0.1) is 0 Å². The highest BCUT2D eigenvalue weighted by Crippen LogP contribution is 2.20. The molecule has 0 amide bonds. The first-order valence-corrected chi connectivity index (χ1v) is 5.44. The summed E-state index contributed by atoms with van der Waals surface area (Å²) in [6, 6.07) is 0. The Kier molecular flexibility index (Phi) is 4.16. The summed E-state index contributed by atoms with van der Waals surface area (Å²) < 4.78 is 0. The van der Waals surface area contributed by atoms with Crippen LogP contribution in [0.15, 0.2) is 0 Å². The molecule has 3 nitrogen and oxygen atoms in total. The molecule has 1 saturated heterocycles. The Bertz CT molecular complexity index is 139. The number of nitrogens with two attached hydrogens (primary N) is 1. The third-order valence-electron chi connectivity index (χ3n) is 3.20. The van der Waals surface area contributed by atoms with E-state index in [-0.39, 0.29) is 5.54 Å². The third-order valence-corrected chi connectivity index (χ3v) is 3.20. The molecule has 0 aromatic carbocycles. The van der Waals surface area contributed by atoms with Crippen LogP contribution in [0.25, 0.3) is 0 Å². The highest BCUT2D eigenvalue weighted by Gasteiger charge is 2.31. The maximum Gasteiger partial charge on any atom is 0.0328 e. The Balaban J connectivity index is 2.42. The Morgan fingerprint density at radius 2 is 1.92 bits per heavy atom. The first kappa shape index (κ1) is 11.0. The van der Waals surface area contributed by atoms with Gasteiger partial charge in [-0.15, -0.1) is 0 Å². The number of nitrogens with zero attached hydrogens (tertiary/aromatic N) is 1. The first-order chi connectivity index (χ1) is 6.26. The molecule has 1 aliphatic heterocycles. The highest BCUT2D eigenvalue weighted by atomic mass is 15.2. The fraction of sp³-hybridized carbons (Fsp3) is 1.00. The second-order valence-electron chi connectivity index (χ2n) is 3.95. The number of piperidine rings is 1. The molecular formula is C10H23N3. The molecule has 0 radical (unpaired) electrons. The summed E-state index contributed by atoms with van der Waals surface area (Å²) >= 11 is 0. The zero-order chi connectivity index (χ0) is 9.73. The van der Waals surface area contributed by atoms with Gasteiger partial charge >= 0.3 is 0 Å². The lowest BCUT2D eigenvalue weighted by Crippen LogP contribution is -2.57. The van der Waals surface area contributed by atoms with Crippen LogP contribution >= 0.6 is 0 Å². The van der Waals surface area contributed by atoms with E-state index in [9.17, 15) is 0 Å². The average molecular weight is 185 g/mol. The van der Waals surface area contributed by atoms with E-state index in [1.54, 1.807) is 0 Å². The van der Waals surface area contributed by atoms with Crippen LogP contribution in [0.3, 0.4) is 0 Å². The van der Waals surface area contributed by atoms with E-state index in [0.717, 1.165) is 13.1 Å². The van der Waals surface area contributed by atoms with Crippen LogP contribution in [0.5, 0.6) is 0 Å². The SMILES string of the molecule is CCNC1(CN)CCN(CC)CC1. The Morgan fingerprint density at radius 1 is 1.31 bits per heavy atom. The van der Waals surface area contributed by atoms with Crippen molar-refractivity contribution in [1.29, 1.82) is 0 Å². The van der Waals surface area contributed by atoms with Crippen LogP contribution in [-0.4, -0.2) is 43.2 Å². The van der Waals surface area contributed by atoms with E-state index in [0.29, 0.717) is 0 Å². The molecule has 0 aliphatic carbocycles. The smallest absolute Gasteiger partial charge is 0.0328 e. The molecule has 0 aromatic heterocycles. The molecule has 13 heavy (non-hydrogen) atoms. The zero-order valence-corrected chi connectivity index (χ0v) is 8.97. The van der Waals surface area contributed by atoms with Gasteiger partial charge in [0.1, 0.15) is 0 Å². The van der Waals surface area contributed by atoms with E-state index in [1.165, 1.54) is 32.5 Å². The van der Waals surface area contributed by atoms with Gasteiger partial charge in [0.25, 0.3) is 0 Å². The fourth-order valence-corrected chi connectivity index (χ4v) is 2.13. The van der Waals surface area contributed by atoms with Crippen LogP contribution in [0.4, 0.5) is 0 Å². The summed E-state index contributed by atoms with van der Waals surface area (Å²) in [5.41, 5.74) is 6.07. The normalized spacial score (nSPS) is 23.3. The van der Waals surface area contributed by atoms with Crippen molar-refractivity contribution in [2.24, 2.45) is 5.73 Å². The summed E-state index contributed by atoms with van der Waals surface area (Å²) in [6.07, 6.45) is 2.40. The maximum absolute atomic E-state index is 5.83. The maximum atomic E-state index is 5.83. The number of hydrogen-bond donors (Lipinski definition) is 2. The van der Waals surface area contributed by atoms with Crippen LogP contribution in [0.2, 0.25) is 0 Å². The van der Waals surface area contributed by atoms with Crippen molar-refractivity contribution in [3.8, 4) is 0 Å². The number of nitrogens with one attached hydrogen (secondary N) is 1. The Labute approximate surface area is 81.7 Å². The summed E-state index contributed by atoms with van der Waals surface area (Å²) in [4.78, 5) is 2.49. The number of likely N-dealkylation sites (tertiary alicyclic amines) is 1. The van der Waals surface area contributed by atoms with Gasteiger partial charge in [0, 0.05) is 12.1 Å². The molecular weight excluding hydrogens is 162 g/mol. The molecule has 0 atom stereocenters. The van der Waals surface area contributed by atoms with E-state index >= 15 is 0 Å². The topological polar surface area (TPSA) is 41.3 Å². The summed E-state index contributed by atoms with van der Waals surface area (Å²) in [6.45, 7) is 9.75. The molecule has 0 saturated carbocycles. The van der Waals surface area contributed by atoms with E-state index < -0.39 is 0 Å². The standard InChI is InChI=1S/C10H23N3/c1-3-12-10(9-11)5-7-13(4-2)8-6-10/h12H,3-9,11H2,1-2H3. The fourth-order valence-electron chi connectivity index (χ4n) is 2.13. The summed E-state index contributed by atoms with van der Waals surface area (Å²) in [5, 5.41) is 3.54. The zero-order valence-electron chi connectivity index (χ0n) is 8.97. The second kappa shape index (κ2) is 4.94. The molecule has 1 fully saturated rings. The molecule has 0 spiro atoms. The van der Waals surface area contributed by atoms with Crippen molar-refractivity contribution in [2.45, 2.75) is 32.2 Å². The molecule has 0 bridgehead atoms. The number of hydrogen-bond acceptors (Lipinski definition) is 3. The van der Waals surface area contributed by atoms with Crippen LogP contribution in [0.1, 0.15) is 26.7 Å². The second-order valence-corrected chi connectivity index (χ2v) is 3.95. The van der Waals surface area contributed by atoms with Crippen molar-refractivity contribution >= 4 is 0 Å². The largest absolute Gasteiger partial charge is 0.329 e. The van der Waals surface area contributed by atoms with Crippen molar-refractivity contribution in [2.75, 3.05) is 32.7 Å². The lowest BCUT2D eigenvalue weighted by molar-refractivity contribution is 0.146. The van der Waals surface area contributed by atoms with Gasteiger partial charge in [-0.05, 0) is 39.0 Å². The molecule has 1 heterocycles. The van der Waals surface area contributed by atoms with E-state index in [2.05, 4.69) is 24.1 Å². The molecule has 1 aliphatic rings. The lowest BCUT2D eigenvalue weighted by Gasteiger charge is -2.41. The van der Waals surface area contributed by atoms with E-state index in [4.69, 9.17) is 5.73 Å². The van der Waals surface area contributed by atoms with Crippen LogP contribution in [-0.2, 0) is 0 Å². The van der Waals surface area contributed by atoms with Crippen molar-refractivity contribution < 1.29 is 0 Å². The predicted octanol–water partition coefficient (Wildman–Crippen LogP) is 0.409. The molecule has 3 heteroatoms. The van der Waals surface area contributed by atoms with Crippen LogP contribution < -0.4 is 11.1 Å². The molecule has 78 valence electrons. The third kappa shape index (κ3) is 2.66. The minimum absolute atomic E-state index is 0.237. The number of likely N-dealkylation sites (N-methyl/N-ethyl adjacent to an activating group) is 1. The van der Waals surface area contributed by atoms with Gasteiger partial charge < -0.3 is 16.0 Å². The van der Waals surface area contributed by atoms with Gasteiger partial charge in [0.15, 0.2) is 0 Å². The van der Waals surface area contributed by atoms with Gasteiger partial charge in [-0.3, -0.25) is 0 Å². The van der Waals surface area contributed by atoms with Crippen LogP contribution in [0, 0.1) is 0 Å². The van der Waals surface area contributed by atoms with Gasteiger partial charge in [0.2, 0.25) is 0 Å². The lowest BCUT2D eigenvalue weighted by atomic mass is 9.87. The van der Waals surface area contributed by atoms with Gasteiger partial charge in [-0.1, -0.05) is 13.8 Å². The van der Waals surface area contributed by atoms with Crippen molar-refractivity contribution in [3.63, 3.8) is 0 Å². The summed E-state index contributed by atoms with van der Waals surface area (Å²) in [5.74, 6) is 0. The molecule has 1 rings (SSSR count). The van der Waals surface area contributed by atoms with Gasteiger partial charge in [-0.2, -0.15) is 0 Å². The minimum atomic E-state index is 0.237. The first-order valence-electron chi connectivity index (χ1n) is 5.44. The molecule has 0 unspecified atom stereocenters. The molecule has 3 N–H and O–H groups in total. The van der Waals surface area contributed by atoms with Crippen molar-refractivity contribution in [3.05, 3.63) is 0 Å². The number of rotatable bonds is 4. The predicted molar refractivity (Wildman–Crippen MR) is 56.8 cm³/mol. The monoisotopic (exact) mass is 185 g/mol. The Hall–Kier alpha value is -0.120. The van der Waals surface area contributed by atoms with Gasteiger partial charge in [-0.25, -0.2) is 0 Å². The molecule has 0 aromatic rings. The average Bonchev–Trinajstić information content (AvgIpc) is 2.19. The van der Waals surface area contributed by atoms with Crippen molar-refractivity contribution in [1.82, 2.24) is 10.2 Å². The summed E-state index contributed by atoms with van der Waals surface area (Å²) in [7, 11) is 0. The highest BCUT2D eigenvalue weighted by molar-refractivity contribution is 4.93. The minimum Gasteiger partial charge on any atom is -0.329 e. The quantitative estimate of drug-likeness (QED) is 0.666. The Morgan fingerprint density at radius 3 is 2.31 bits per heavy atom. The van der Waals surface area contributed by atoms with E-state index in [1.807, 2.05) is 0 Å².